The van der Waals surface area contributed by atoms with Crippen molar-refractivity contribution in [3.05, 3.63) is 16.4 Å². The summed E-state index contributed by atoms with van der Waals surface area (Å²) < 4.78 is 7.30. The standard InChI is InChI=1S/C12H22ClN3O/c1-6-16-9(11(13)8(2)15-16)7-10(14)12(3,4)17-5/h10H,6-7,14H2,1-5H3. The lowest BCUT2D eigenvalue weighted by Crippen LogP contribution is -2.46. The molecule has 1 aromatic heterocycles. The number of ether oxygens (including phenoxy) is 1. The van der Waals surface area contributed by atoms with Gasteiger partial charge < -0.3 is 10.5 Å². The monoisotopic (exact) mass is 259 g/mol. The first-order chi connectivity index (χ1) is 7.83. The van der Waals surface area contributed by atoms with E-state index in [1.165, 1.54) is 0 Å². The minimum Gasteiger partial charge on any atom is -0.377 e. The minimum absolute atomic E-state index is 0.119. The van der Waals surface area contributed by atoms with Gasteiger partial charge in [0.25, 0.3) is 0 Å². The maximum absolute atomic E-state index is 6.25. The Morgan fingerprint density at radius 2 is 2.12 bits per heavy atom. The molecule has 98 valence electrons. The number of hydrogen-bond donors (Lipinski definition) is 1. The summed E-state index contributed by atoms with van der Waals surface area (Å²) in [7, 11) is 1.67. The van der Waals surface area contributed by atoms with E-state index in [0.717, 1.165) is 17.9 Å². The summed E-state index contributed by atoms with van der Waals surface area (Å²) in [4.78, 5) is 0. The first kappa shape index (κ1) is 14.5. The molecule has 0 aliphatic heterocycles. The van der Waals surface area contributed by atoms with E-state index in [0.29, 0.717) is 11.4 Å². The van der Waals surface area contributed by atoms with Gasteiger partial charge in [0.05, 0.1) is 22.0 Å². The minimum atomic E-state index is -0.375. The fourth-order valence-corrected chi connectivity index (χ4v) is 1.88. The van der Waals surface area contributed by atoms with Gasteiger partial charge in [-0.15, -0.1) is 0 Å². The number of aromatic nitrogens is 2. The number of methoxy groups -OCH3 is 1. The number of halogens is 1. The third-order valence-electron chi connectivity index (χ3n) is 3.29. The average Bonchev–Trinajstić information content (AvgIpc) is 2.56. The van der Waals surface area contributed by atoms with Crippen LogP contribution in [0.5, 0.6) is 0 Å². The van der Waals surface area contributed by atoms with Gasteiger partial charge in [0, 0.05) is 26.1 Å². The van der Waals surface area contributed by atoms with E-state index in [1.54, 1.807) is 7.11 Å². The fraction of sp³-hybridized carbons (Fsp3) is 0.750. The van der Waals surface area contributed by atoms with Crippen LogP contribution in [0.4, 0.5) is 0 Å². The van der Waals surface area contributed by atoms with Gasteiger partial charge >= 0.3 is 0 Å². The molecule has 1 heterocycles. The second-order valence-electron chi connectivity index (χ2n) is 4.78. The summed E-state index contributed by atoms with van der Waals surface area (Å²) in [6, 6.07) is -0.119. The molecule has 17 heavy (non-hydrogen) atoms. The molecule has 0 amide bonds. The summed E-state index contributed by atoms with van der Waals surface area (Å²) in [6.07, 6.45) is 0.661. The lowest BCUT2D eigenvalue weighted by molar-refractivity contribution is 0.000358. The molecule has 0 aliphatic rings. The zero-order valence-electron chi connectivity index (χ0n) is 11.2. The molecule has 0 bridgehead atoms. The Morgan fingerprint density at radius 1 is 1.53 bits per heavy atom. The van der Waals surface area contributed by atoms with Crippen LogP contribution in [0.25, 0.3) is 0 Å². The molecule has 0 saturated heterocycles. The maximum atomic E-state index is 6.25. The molecule has 1 atom stereocenters. The van der Waals surface area contributed by atoms with Gasteiger partial charge in [0.2, 0.25) is 0 Å². The molecule has 5 heteroatoms. The Labute approximate surface area is 108 Å². The van der Waals surface area contributed by atoms with E-state index < -0.39 is 0 Å². The van der Waals surface area contributed by atoms with E-state index in [4.69, 9.17) is 22.1 Å². The highest BCUT2D eigenvalue weighted by Gasteiger charge is 2.28. The van der Waals surface area contributed by atoms with E-state index >= 15 is 0 Å². The van der Waals surface area contributed by atoms with E-state index in [1.807, 2.05) is 32.4 Å². The van der Waals surface area contributed by atoms with Crippen LogP contribution in [-0.4, -0.2) is 28.5 Å². The predicted octanol–water partition coefficient (Wildman–Crippen LogP) is 2.16. The quantitative estimate of drug-likeness (QED) is 0.882. The number of rotatable bonds is 5. The van der Waals surface area contributed by atoms with Gasteiger partial charge in [-0.1, -0.05) is 11.6 Å². The summed E-state index contributed by atoms with van der Waals surface area (Å²) in [5, 5.41) is 5.09. The van der Waals surface area contributed by atoms with Crippen LogP contribution >= 0.6 is 11.6 Å². The molecule has 0 fully saturated rings. The highest BCUT2D eigenvalue weighted by atomic mass is 35.5. The molecule has 0 aromatic carbocycles. The second kappa shape index (κ2) is 5.38. The summed E-state index contributed by atoms with van der Waals surface area (Å²) >= 11 is 6.25. The van der Waals surface area contributed by atoms with Gasteiger partial charge in [-0.05, 0) is 27.7 Å². The Kier molecular flexibility index (Phi) is 4.58. The second-order valence-corrected chi connectivity index (χ2v) is 5.16. The van der Waals surface area contributed by atoms with Gasteiger partial charge in [-0.3, -0.25) is 4.68 Å². The maximum Gasteiger partial charge on any atom is 0.0847 e. The van der Waals surface area contributed by atoms with Crippen LogP contribution in [0.15, 0.2) is 0 Å². The smallest absolute Gasteiger partial charge is 0.0847 e. The average molecular weight is 260 g/mol. The van der Waals surface area contributed by atoms with Crippen molar-refractivity contribution in [2.75, 3.05) is 7.11 Å². The predicted molar refractivity (Wildman–Crippen MR) is 70.4 cm³/mol. The Balaban J connectivity index is 2.95. The molecule has 1 rings (SSSR count). The molecular weight excluding hydrogens is 238 g/mol. The van der Waals surface area contributed by atoms with Gasteiger partial charge in [0.15, 0.2) is 0 Å². The number of nitrogens with zero attached hydrogens (tertiary/aromatic N) is 2. The largest absolute Gasteiger partial charge is 0.377 e. The Hall–Kier alpha value is -0.580. The summed E-state index contributed by atoms with van der Waals surface area (Å²) in [5.74, 6) is 0. The highest BCUT2D eigenvalue weighted by Crippen LogP contribution is 2.24. The SMILES string of the molecule is CCn1nc(C)c(Cl)c1CC(N)C(C)(C)OC. The van der Waals surface area contributed by atoms with Crippen molar-refractivity contribution in [2.24, 2.45) is 5.73 Å². The van der Waals surface area contributed by atoms with Crippen LogP contribution in [0.3, 0.4) is 0 Å². The van der Waals surface area contributed by atoms with Crippen LogP contribution in [0, 0.1) is 6.92 Å². The molecule has 0 saturated carbocycles. The van der Waals surface area contributed by atoms with Crippen LogP contribution in [0.1, 0.15) is 32.2 Å². The van der Waals surface area contributed by atoms with Crippen molar-refractivity contribution < 1.29 is 4.74 Å². The number of hydrogen-bond acceptors (Lipinski definition) is 3. The van der Waals surface area contributed by atoms with E-state index in [-0.39, 0.29) is 11.6 Å². The Bertz CT molecular complexity index is 387. The van der Waals surface area contributed by atoms with Crippen LogP contribution in [0.2, 0.25) is 5.02 Å². The van der Waals surface area contributed by atoms with Crippen molar-refractivity contribution >= 4 is 11.6 Å². The molecule has 0 spiro atoms. The molecule has 2 N–H and O–H groups in total. The Morgan fingerprint density at radius 3 is 2.59 bits per heavy atom. The normalized spacial score (nSPS) is 14.1. The first-order valence-corrected chi connectivity index (χ1v) is 6.23. The lowest BCUT2D eigenvalue weighted by atomic mass is 9.95. The number of aryl methyl sites for hydroxylation is 2. The molecule has 0 aliphatic carbocycles. The third kappa shape index (κ3) is 3.00. The van der Waals surface area contributed by atoms with Gasteiger partial charge in [-0.2, -0.15) is 5.10 Å². The van der Waals surface area contributed by atoms with Crippen LogP contribution in [-0.2, 0) is 17.7 Å². The summed E-state index contributed by atoms with van der Waals surface area (Å²) in [5.41, 5.74) is 7.64. The first-order valence-electron chi connectivity index (χ1n) is 5.86. The summed E-state index contributed by atoms with van der Waals surface area (Å²) in [6.45, 7) is 8.70. The fourth-order valence-electron chi connectivity index (χ4n) is 1.67. The van der Waals surface area contributed by atoms with Crippen molar-refractivity contribution in [1.82, 2.24) is 9.78 Å². The van der Waals surface area contributed by atoms with Gasteiger partial charge in [0.1, 0.15) is 0 Å². The van der Waals surface area contributed by atoms with Gasteiger partial charge in [-0.25, -0.2) is 0 Å². The molecule has 1 unspecified atom stereocenters. The lowest BCUT2D eigenvalue weighted by Gasteiger charge is -2.30. The van der Waals surface area contributed by atoms with Crippen molar-refractivity contribution in [1.29, 1.82) is 0 Å². The zero-order valence-corrected chi connectivity index (χ0v) is 12.0. The molecule has 1 aromatic rings. The van der Waals surface area contributed by atoms with Crippen LogP contribution < -0.4 is 5.73 Å². The topological polar surface area (TPSA) is 53.1 Å². The third-order valence-corrected chi connectivity index (χ3v) is 3.78. The van der Waals surface area contributed by atoms with Crippen molar-refractivity contribution in [2.45, 2.75) is 52.3 Å². The van der Waals surface area contributed by atoms with Crippen molar-refractivity contribution in [3.8, 4) is 0 Å². The highest BCUT2D eigenvalue weighted by molar-refractivity contribution is 6.31. The molecule has 0 radical (unpaired) electrons. The molecule has 4 nitrogen and oxygen atoms in total. The zero-order chi connectivity index (χ0) is 13.2. The molecular formula is C12H22ClN3O. The van der Waals surface area contributed by atoms with E-state index in [9.17, 15) is 0 Å². The van der Waals surface area contributed by atoms with E-state index in [2.05, 4.69) is 5.10 Å². The number of nitrogens with two attached hydrogens (primary N) is 1. The van der Waals surface area contributed by atoms with Crippen molar-refractivity contribution in [3.63, 3.8) is 0 Å².